The van der Waals surface area contributed by atoms with E-state index in [9.17, 15) is 19.6 Å². The Kier molecular flexibility index (Phi) is 9.92. The molecule has 12 nitrogen and oxygen atoms in total. The van der Waals surface area contributed by atoms with E-state index in [4.69, 9.17) is 14.7 Å². The van der Waals surface area contributed by atoms with Gasteiger partial charge in [-0.25, -0.2) is 14.8 Å². The van der Waals surface area contributed by atoms with Crippen LogP contribution < -0.4 is 5.32 Å². The number of rotatable bonds is 9. The first kappa shape index (κ1) is 35.7. The van der Waals surface area contributed by atoms with Gasteiger partial charge in [-0.2, -0.15) is 5.26 Å². The number of aromatic amines is 2. The number of H-pyrrole nitrogens is 2. The van der Waals surface area contributed by atoms with Gasteiger partial charge < -0.3 is 29.8 Å². The summed E-state index contributed by atoms with van der Waals surface area (Å²) in [5.74, 6) is 1.72. The van der Waals surface area contributed by atoms with Gasteiger partial charge in [-0.1, -0.05) is 52.0 Å². The molecule has 0 aliphatic carbocycles. The molecule has 3 atom stereocenters. The summed E-state index contributed by atoms with van der Waals surface area (Å²) in [4.78, 5) is 59.0. The Morgan fingerprint density at radius 3 is 2.02 bits per heavy atom. The molecule has 4 heterocycles. The van der Waals surface area contributed by atoms with Gasteiger partial charge in [0.2, 0.25) is 11.8 Å². The average Bonchev–Trinajstić information content (AvgIpc) is 3.97. The van der Waals surface area contributed by atoms with Crippen LogP contribution in [0.4, 0.5) is 4.79 Å². The number of ether oxygens (including phenoxy) is 1. The van der Waals surface area contributed by atoms with Crippen molar-refractivity contribution >= 4 is 40.0 Å². The molecule has 5 aromatic rings. The highest BCUT2D eigenvalue weighted by Gasteiger charge is 2.38. The van der Waals surface area contributed by atoms with Gasteiger partial charge in [0.25, 0.3) is 0 Å². The van der Waals surface area contributed by atoms with Gasteiger partial charge in [0.1, 0.15) is 17.7 Å². The number of imidazole rings is 2. The van der Waals surface area contributed by atoms with Crippen LogP contribution in [0.15, 0.2) is 54.6 Å². The number of amides is 3. The maximum atomic E-state index is 13.6. The van der Waals surface area contributed by atoms with Crippen LogP contribution in [0, 0.1) is 23.2 Å². The lowest BCUT2D eigenvalue weighted by molar-refractivity contribution is -0.135. The number of fused-ring (bicyclic) bond motifs is 2. The number of nitrogens with zero attached hydrogens (tertiary/aromatic N) is 5. The first-order chi connectivity index (χ1) is 25.5. The number of carbonyl (C=O) groups excluding carboxylic acids is 3. The molecule has 7 rings (SSSR count). The molecule has 2 fully saturated rings. The molecule has 2 saturated heterocycles. The van der Waals surface area contributed by atoms with E-state index in [0.29, 0.717) is 30.3 Å². The number of carbonyl (C=O) groups is 3. The van der Waals surface area contributed by atoms with Crippen LogP contribution in [0.1, 0.15) is 89.1 Å². The number of hydrogen-bond acceptors (Lipinski definition) is 7. The summed E-state index contributed by atoms with van der Waals surface area (Å²) >= 11 is 0. The molecule has 0 unspecified atom stereocenters. The smallest absolute Gasteiger partial charge is 0.407 e. The van der Waals surface area contributed by atoms with E-state index >= 15 is 0 Å². The highest BCUT2D eigenvalue weighted by Crippen LogP contribution is 2.36. The van der Waals surface area contributed by atoms with Crippen LogP contribution in [-0.2, 0) is 14.3 Å². The highest BCUT2D eigenvalue weighted by molar-refractivity contribution is 5.88. The Bertz CT molecular complexity index is 2230. The van der Waals surface area contributed by atoms with Crippen LogP contribution in [0.25, 0.3) is 44.3 Å². The van der Waals surface area contributed by atoms with Crippen LogP contribution in [0.2, 0.25) is 0 Å². The number of likely N-dealkylation sites (tertiary alicyclic amines) is 2. The molecule has 2 aliphatic heterocycles. The summed E-state index contributed by atoms with van der Waals surface area (Å²) in [6.45, 7) is 9.25. The molecule has 0 radical (unpaired) electrons. The summed E-state index contributed by atoms with van der Waals surface area (Å²) in [5.41, 5.74) is 7.41. The minimum absolute atomic E-state index is 0.0444. The van der Waals surface area contributed by atoms with Crippen molar-refractivity contribution in [2.45, 2.75) is 77.9 Å². The highest BCUT2D eigenvalue weighted by atomic mass is 16.5. The topological polar surface area (TPSA) is 160 Å². The monoisotopic (exact) mass is 714 g/mol. The molecular formula is C41H46N8O4. The second-order valence-corrected chi connectivity index (χ2v) is 15.0. The fraction of sp³-hybridized carbons (Fsp3) is 0.415. The van der Waals surface area contributed by atoms with Crippen molar-refractivity contribution in [3.05, 3.63) is 71.8 Å². The quantitative estimate of drug-likeness (QED) is 0.143. The van der Waals surface area contributed by atoms with E-state index in [1.54, 1.807) is 4.90 Å². The molecular weight excluding hydrogens is 669 g/mol. The number of nitriles is 1. The van der Waals surface area contributed by atoms with Gasteiger partial charge in [0.05, 0.1) is 52.9 Å². The standard InChI is InChI=1S/C41H46N8O4/c1-23(2)18-36(50)48-16-6-8-34(48)38-43-30-14-11-26(20-32(30)45-38)25-10-13-29(28(19-25)22-42)27-12-15-31-33(21-27)46-39(44-31)35-9-7-17-49(35)40(51)37(24(3)4)47-41(52)53-5/h10-15,19-21,23-24,34-35,37H,6-9,16-18H2,1-5H3,(H,43,45)(H,44,46)(H,47,52)/t34-,35-,37-/m0/s1. The maximum Gasteiger partial charge on any atom is 0.407 e. The third-order valence-electron chi connectivity index (χ3n) is 10.5. The van der Waals surface area contributed by atoms with Crippen LogP contribution >= 0.6 is 0 Å². The minimum atomic E-state index is -0.709. The molecule has 0 bridgehead atoms. The van der Waals surface area contributed by atoms with Gasteiger partial charge >= 0.3 is 6.09 Å². The Morgan fingerprint density at radius 2 is 1.42 bits per heavy atom. The molecule has 0 spiro atoms. The fourth-order valence-corrected chi connectivity index (χ4v) is 7.80. The molecule has 53 heavy (non-hydrogen) atoms. The second kappa shape index (κ2) is 14.7. The summed E-state index contributed by atoms with van der Waals surface area (Å²) in [6.07, 6.45) is 3.34. The van der Waals surface area contributed by atoms with Crippen molar-refractivity contribution in [2.24, 2.45) is 11.8 Å². The number of benzene rings is 3. The predicted molar refractivity (Wildman–Crippen MR) is 202 cm³/mol. The summed E-state index contributed by atoms with van der Waals surface area (Å²) in [6, 6.07) is 19.3. The van der Waals surface area contributed by atoms with Crippen molar-refractivity contribution in [2.75, 3.05) is 20.2 Å². The Labute approximate surface area is 308 Å². The van der Waals surface area contributed by atoms with E-state index in [0.717, 1.165) is 82.4 Å². The number of aromatic nitrogens is 4. The van der Waals surface area contributed by atoms with Crippen molar-refractivity contribution in [3.63, 3.8) is 0 Å². The van der Waals surface area contributed by atoms with E-state index in [-0.39, 0.29) is 29.8 Å². The zero-order valence-corrected chi connectivity index (χ0v) is 30.9. The lowest BCUT2D eigenvalue weighted by Gasteiger charge is -2.29. The zero-order valence-electron chi connectivity index (χ0n) is 30.9. The van der Waals surface area contributed by atoms with Crippen LogP contribution in [-0.4, -0.2) is 73.9 Å². The van der Waals surface area contributed by atoms with Gasteiger partial charge in [-0.05, 0) is 90.1 Å². The maximum absolute atomic E-state index is 13.6. The lowest BCUT2D eigenvalue weighted by atomic mass is 9.95. The van der Waals surface area contributed by atoms with Crippen molar-refractivity contribution in [3.8, 4) is 28.3 Å². The van der Waals surface area contributed by atoms with Crippen molar-refractivity contribution in [1.29, 1.82) is 5.26 Å². The first-order valence-corrected chi connectivity index (χ1v) is 18.5. The molecule has 3 aromatic carbocycles. The average molecular weight is 715 g/mol. The third kappa shape index (κ3) is 7.08. The van der Waals surface area contributed by atoms with E-state index in [1.807, 2.05) is 67.3 Å². The third-order valence-corrected chi connectivity index (χ3v) is 10.5. The summed E-state index contributed by atoms with van der Waals surface area (Å²) in [5, 5.41) is 13.0. The van der Waals surface area contributed by atoms with E-state index in [1.165, 1.54) is 7.11 Å². The number of alkyl carbamates (subject to hydrolysis) is 1. The Balaban J connectivity index is 1.12. The molecule has 3 amide bonds. The first-order valence-electron chi connectivity index (χ1n) is 18.5. The number of nitrogens with one attached hydrogen (secondary N) is 3. The van der Waals surface area contributed by atoms with Gasteiger partial charge in [0.15, 0.2) is 0 Å². The van der Waals surface area contributed by atoms with Gasteiger partial charge in [0, 0.05) is 19.5 Å². The second-order valence-electron chi connectivity index (χ2n) is 15.0. The van der Waals surface area contributed by atoms with Crippen molar-refractivity contribution in [1.82, 2.24) is 35.1 Å². The fourth-order valence-electron chi connectivity index (χ4n) is 7.80. The Hall–Kier alpha value is -5.70. The minimum Gasteiger partial charge on any atom is -0.453 e. The van der Waals surface area contributed by atoms with Gasteiger partial charge in [-0.3, -0.25) is 9.59 Å². The SMILES string of the molecule is COC(=O)N[C@H](C(=O)N1CCC[C@H]1c1nc2ccc(-c3ccc(-c4ccc5nc([C@@H]6CCCN6C(=O)CC(C)C)[nH]c5c4)cc3C#N)cc2[nH]1)C(C)C. The molecule has 0 saturated carbocycles. The number of hydrogen-bond donors (Lipinski definition) is 3. The summed E-state index contributed by atoms with van der Waals surface area (Å²) in [7, 11) is 1.29. The van der Waals surface area contributed by atoms with Crippen LogP contribution in [0.5, 0.6) is 0 Å². The molecule has 274 valence electrons. The number of methoxy groups -OCH3 is 1. The van der Waals surface area contributed by atoms with Gasteiger partial charge in [-0.15, -0.1) is 0 Å². The Morgan fingerprint density at radius 1 is 0.849 bits per heavy atom. The van der Waals surface area contributed by atoms with Crippen molar-refractivity contribution < 1.29 is 19.1 Å². The normalized spacial score (nSPS) is 17.9. The zero-order chi connectivity index (χ0) is 37.4. The predicted octanol–water partition coefficient (Wildman–Crippen LogP) is 7.40. The largest absolute Gasteiger partial charge is 0.453 e. The molecule has 3 N–H and O–H groups in total. The van der Waals surface area contributed by atoms with E-state index < -0.39 is 12.1 Å². The molecule has 2 aliphatic rings. The van der Waals surface area contributed by atoms with E-state index in [2.05, 4.69) is 41.3 Å². The molecule has 12 heteroatoms. The summed E-state index contributed by atoms with van der Waals surface area (Å²) < 4.78 is 4.76. The molecule has 2 aromatic heterocycles. The van der Waals surface area contributed by atoms with Crippen LogP contribution in [0.3, 0.4) is 0 Å². The lowest BCUT2D eigenvalue weighted by Crippen LogP contribution is -2.51.